The van der Waals surface area contributed by atoms with E-state index in [4.69, 9.17) is 4.52 Å². The predicted molar refractivity (Wildman–Crippen MR) is 71.4 cm³/mol. The van der Waals surface area contributed by atoms with Crippen molar-refractivity contribution in [1.29, 1.82) is 0 Å². The lowest BCUT2D eigenvalue weighted by atomic mass is 10.1. The highest BCUT2D eigenvalue weighted by atomic mass is 19.1. The lowest BCUT2D eigenvalue weighted by Crippen LogP contribution is -2.22. The largest absolute Gasteiger partial charge is 0.356 e. The number of aromatic nitrogens is 2. The van der Waals surface area contributed by atoms with Crippen molar-refractivity contribution in [3.8, 4) is 11.4 Å². The first-order valence-electron chi connectivity index (χ1n) is 6.46. The van der Waals surface area contributed by atoms with Gasteiger partial charge in [0.1, 0.15) is 5.82 Å². The summed E-state index contributed by atoms with van der Waals surface area (Å²) in [7, 11) is 0. The molecule has 1 heterocycles. The fourth-order valence-electron chi connectivity index (χ4n) is 1.71. The first-order chi connectivity index (χ1) is 9.60. The minimum atomic E-state index is -0.309. The number of carbonyl (C=O) groups is 1. The summed E-state index contributed by atoms with van der Waals surface area (Å²) >= 11 is 0. The second-order valence-electron chi connectivity index (χ2n) is 4.43. The van der Waals surface area contributed by atoms with Gasteiger partial charge in [-0.25, -0.2) is 4.39 Å². The number of rotatable bonds is 5. The zero-order chi connectivity index (χ0) is 14.5. The van der Waals surface area contributed by atoms with Gasteiger partial charge >= 0.3 is 0 Å². The van der Waals surface area contributed by atoms with E-state index < -0.39 is 0 Å². The van der Waals surface area contributed by atoms with Gasteiger partial charge in [-0.2, -0.15) is 4.98 Å². The van der Waals surface area contributed by atoms with Crippen molar-refractivity contribution in [2.45, 2.75) is 26.7 Å². The Morgan fingerprint density at radius 1 is 1.45 bits per heavy atom. The molecule has 0 unspecified atom stereocenters. The summed E-state index contributed by atoms with van der Waals surface area (Å²) in [4.78, 5) is 15.5. The Morgan fingerprint density at radius 3 is 2.95 bits per heavy atom. The molecule has 0 spiro atoms. The van der Waals surface area contributed by atoms with Gasteiger partial charge in [0.2, 0.25) is 17.6 Å². The topological polar surface area (TPSA) is 68.0 Å². The van der Waals surface area contributed by atoms with Crippen LogP contribution < -0.4 is 5.32 Å². The van der Waals surface area contributed by atoms with Crippen molar-refractivity contribution in [2.75, 3.05) is 6.54 Å². The van der Waals surface area contributed by atoms with Crippen LogP contribution in [0.4, 0.5) is 4.39 Å². The molecule has 1 aromatic carbocycles. The van der Waals surface area contributed by atoms with Gasteiger partial charge in [0.05, 0.1) is 0 Å². The van der Waals surface area contributed by atoms with E-state index in [0.717, 1.165) is 0 Å². The maximum Gasteiger partial charge on any atom is 0.227 e. The van der Waals surface area contributed by atoms with E-state index in [2.05, 4.69) is 15.5 Å². The minimum absolute atomic E-state index is 0.0615. The number of aryl methyl sites for hydroxylation is 2. The average Bonchev–Trinajstić information content (AvgIpc) is 2.89. The van der Waals surface area contributed by atoms with Crippen LogP contribution in [-0.2, 0) is 11.2 Å². The second kappa shape index (κ2) is 6.27. The quantitative estimate of drug-likeness (QED) is 0.910. The van der Waals surface area contributed by atoms with Gasteiger partial charge in [-0.15, -0.1) is 0 Å². The molecule has 1 amide bonds. The summed E-state index contributed by atoms with van der Waals surface area (Å²) in [6, 6.07) is 4.76. The number of hydrogen-bond donors (Lipinski definition) is 1. The van der Waals surface area contributed by atoms with Crippen LogP contribution in [0.2, 0.25) is 0 Å². The molecule has 0 radical (unpaired) electrons. The molecule has 0 fully saturated rings. The zero-order valence-corrected chi connectivity index (χ0v) is 11.4. The number of nitrogens with zero attached hydrogens (tertiary/aromatic N) is 2. The summed E-state index contributed by atoms with van der Waals surface area (Å²) in [5.41, 5.74) is 1.12. The van der Waals surface area contributed by atoms with E-state index in [1.807, 2.05) is 6.92 Å². The Bertz CT molecular complexity index is 610. The number of halogens is 1. The molecule has 1 N–H and O–H groups in total. The average molecular weight is 277 g/mol. The van der Waals surface area contributed by atoms with E-state index in [1.54, 1.807) is 19.1 Å². The van der Waals surface area contributed by atoms with Crippen LogP contribution in [0.1, 0.15) is 24.8 Å². The zero-order valence-electron chi connectivity index (χ0n) is 11.4. The fraction of sp³-hybridized carbons (Fsp3) is 0.357. The Morgan fingerprint density at radius 2 is 2.25 bits per heavy atom. The molecule has 2 rings (SSSR count). The number of nitrogens with one attached hydrogen (secondary N) is 1. The van der Waals surface area contributed by atoms with Gasteiger partial charge < -0.3 is 9.84 Å². The Balaban J connectivity index is 2.05. The molecule has 0 aliphatic rings. The molecule has 0 saturated carbocycles. The normalized spacial score (nSPS) is 10.6. The van der Waals surface area contributed by atoms with Crippen LogP contribution in [0.5, 0.6) is 0 Å². The summed E-state index contributed by atoms with van der Waals surface area (Å²) in [5, 5.41) is 6.49. The van der Waals surface area contributed by atoms with Gasteiger partial charge in [0, 0.05) is 24.9 Å². The van der Waals surface area contributed by atoms with Gasteiger partial charge in [-0.3, -0.25) is 4.79 Å². The van der Waals surface area contributed by atoms with E-state index in [1.165, 1.54) is 6.07 Å². The molecule has 5 nitrogen and oxygen atoms in total. The standard InChI is InChI=1S/C14H16FN3O2/c1-3-16-12(19)6-7-13-17-14(18-20-13)10-5-4-9(2)11(15)8-10/h4-5,8H,3,6-7H2,1-2H3,(H,16,19). The maximum atomic E-state index is 13.5. The summed E-state index contributed by atoms with van der Waals surface area (Å²) < 4.78 is 18.5. The maximum absolute atomic E-state index is 13.5. The van der Waals surface area contributed by atoms with Crippen molar-refractivity contribution < 1.29 is 13.7 Å². The van der Waals surface area contributed by atoms with Gasteiger partial charge in [-0.1, -0.05) is 17.3 Å². The third-order valence-corrected chi connectivity index (χ3v) is 2.84. The van der Waals surface area contributed by atoms with Gasteiger partial charge in [0.15, 0.2) is 0 Å². The van der Waals surface area contributed by atoms with Crippen LogP contribution >= 0.6 is 0 Å². The third kappa shape index (κ3) is 3.40. The van der Waals surface area contributed by atoms with E-state index >= 15 is 0 Å². The third-order valence-electron chi connectivity index (χ3n) is 2.84. The monoisotopic (exact) mass is 277 g/mol. The Kier molecular flexibility index (Phi) is 4.45. The lowest BCUT2D eigenvalue weighted by Gasteiger charge is -1.98. The highest BCUT2D eigenvalue weighted by Crippen LogP contribution is 2.19. The Hall–Kier alpha value is -2.24. The summed E-state index contributed by atoms with van der Waals surface area (Å²) in [5.74, 6) is 0.326. The molecule has 0 atom stereocenters. The van der Waals surface area contributed by atoms with Crippen molar-refractivity contribution >= 4 is 5.91 Å². The van der Waals surface area contributed by atoms with Gasteiger partial charge in [-0.05, 0) is 25.5 Å². The molecule has 0 saturated heterocycles. The molecule has 20 heavy (non-hydrogen) atoms. The predicted octanol–water partition coefficient (Wildman–Crippen LogP) is 2.25. The first kappa shape index (κ1) is 14.2. The van der Waals surface area contributed by atoms with E-state index in [-0.39, 0.29) is 18.1 Å². The minimum Gasteiger partial charge on any atom is -0.356 e. The van der Waals surface area contributed by atoms with Crippen LogP contribution in [-0.4, -0.2) is 22.6 Å². The summed E-state index contributed by atoms with van der Waals surface area (Å²) in [6.07, 6.45) is 0.658. The van der Waals surface area contributed by atoms with Gasteiger partial charge in [0.25, 0.3) is 0 Å². The van der Waals surface area contributed by atoms with E-state index in [9.17, 15) is 9.18 Å². The molecule has 106 valence electrons. The van der Waals surface area contributed by atoms with Crippen LogP contribution in [0.15, 0.2) is 22.7 Å². The molecule has 2 aromatic rings. The number of hydrogen-bond acceptors (Lipinski definition) is 4. The molecule has 1 aromatic heterocycles. The van der Waals surface area contributed by atoms with Crippen LogP contribution in [0, 0.1) is 12.7 Å². The lowest BCUT2D eigenvalue weighted by molar-refractivity contribution is -0.121. The first-order valence-corrected chi connectivity index (χ1v) is 6.46. The van der Waals surface area contributed by atoms with E-state index in [0.29, 0.717) is 35.8 Å². The SMILES string of the molecule is CCNC(=O)CCc1nc(-c2ccc(C)c(F)c2)no1. The number of amides is 1. The molecule has 0 aliphatic heterocycles. The fourth-order valence-corrected chi connectivity index (χ4v) is 1.71. The van der Waals surface area contributed by atoms with Crippen molar-refractivity contribution in [3.63, 3.8) is 0 Å². The molecule has 0 aliphatic carbocycles. The highest BCUT2D eigenvalue weighted by Gasteiger charge is 2.11. The van der Waals surface area contributed by atoms with Crippen LogP contribution in [0.3, 0.4) is 0 Å². The number of carbonyl (C=O) groups excluding carboxylic acids is 1. The number of benzene rings is 1. The molecule has 6 heteroatoms. The highest BCUT2D eigenvalue weighted by molar-refractivity contribution is 5.75. The molecule has 0 bridgehead atoms. The van der Waals surface area contributed by atoms with Crippen molar-refractivity contribution in [3.05, 3.63) is 35.5 Å². The second-order valence-corrected chi connectivity index (χ2v) is 4.43. The summed E-state index contributed by atoms with van der Waals surface area (Å²) in [6.45, 7) is 4.14. The smallest absolute Gasteiger partial charge is 0.227 e. The molecular weight excluding hydrogens is 261 g/mol. The van der Waals surface area contributed by atoms with Crippen molar-refractivity contribution in [2.24, 2.45) is 0 Å². The Labute approximate surface area is 116 Å². The van der Waals surface area contributed by atoms with Crippen molar-refractivity contribution in [1.82, 2.24) is 15.5 Å². The van der Waals surface area contributed by atoms with Crippen LogP contribution in [0.25, 0.3) is 11.4 Å². The molecular formula is C14H16FN3O2.